The molecule has 4 aromatic rings. The summed E-state index contributed by atoms with van der Waals surface area (Å²) in [6.45, 7) is 0.801. The van der Waals surface area contributed by atoms with Crippen LogP contribution in [0.3, 0.4) is 0 Å². The zero-order chi connectivity index (χ0) is 26.2. The van der Waals surface area contributed by atoms with E-state index < -0.39 is 10.0 Å². The van der Waals surface area contributed by atoms with Crippen LogP contribution in [0.25, 0.3) is 22.3 Å². The van der Waals surface area contributed by atoms with Crippen LogP contribution in [0.2, 0.25) is 0 Å². The molecule has 37 heavy (non-hydrogen) atoms. The molecule has 0 spiro atoms. The van der Waals surface area contributed by atoms with E-state index in [1.54, 1.807) is 42.5 Å². The van der Waals surface area contributed by atoms with Gasteiger partial charge < -0.3 is 19.2 Å². The topological polar surface area (TPSA) is 98.1 Å². The van der Waals surface area contributed by atoms with Crippen molar-refractivity contribution in [2.45, 2.75) is 12.5 Å². The van der Waals surface area contributed by atoms with Crippen molar-refractivity contribution < 1.29 is 31.5 Å². The van der Waals surface area contributed by atoms with Gasteiger partial charge in [0.05, 0.1) is 30.2 Å². The number of ether oxygens (including phenoxy) is 2. The van der Waals surface area contributed by atoms with Gasteiger partial charge in [-0.05, 0) is 67.1 Å². The monoisotopic (exact) mass is 524 g/mol. The van der Waals surface area contributed by atoms with Gasteiger partial charge in [-0.3, -0.25) is 9.10 Å². The first kappa shape index (κ1) is 24.8. The summed E-state index contributed by atoms with van der Waals surface area (Å²) in [7, 11) is -2.05. The number of rotatable bonds is 7. The molecular weight excluding hydrogens is 499 g/mol. The van der Waals surface area contributed by atoms with Crippen LogP contribution in [0.5, 0.6) is 11.5 Å². The van der Waals surface area contributed by atoms with E-state index in [1.165, 1.54) is 35.6 Å². The van der Waals surface area contributed by atoms with Gasteiger partial charge in [0.15, 0.2) is 0 Å². The molecule has 1 amide bonds. The van der Waals surface area contributed by atoms with Crippen molar-refractivity contribution in [3.05, 3.63) is 78.1 Å². The zero-order valence-corrected chi connectivity index (χ0v) is 21.0. The summed E-state index contributed by atoms with van der Waals surface area (Å²) in [6, 6.07) is 17.3. The highest BCUT2D eigenvalue weighted by Crippen LogP contribution is 2.37. The van der Waals surface area contributed by atoms with E-state index in [9.17, 15) is 17.6 Å². The van der Waals surface area contributed by atoms with E-state index in [0.29, 0.717) is 64.7 Å². The molecular formula is C27H25FN2O6S. The average Bonchev–Trinajstić information content (AvgIpc) is 3.53. The van der Waals surface area contributed by atoms with Crippen LogP contribution < -0.4 is 14.4 Å². The Morgan fingerprint density at radius 2 is 1.73 bits per heavy atom. The fourth-order valence-corrected chi connectivity index (χ4v) is 5.67. The molecule has 0 bridgehead atoms. The minimum atomic E-state index is -3.58. The van der Waals surface area contributed by atoms with Gasteiger partial charge in [-0.1, -0.05) is 0 Å². The Morgan fingerprint density at radius 1 is 1.05 bits per heavy atom. The number of hydrogen-bond donors (Lipinski definition) is 1. The van der Waals surface area contributed by atoms with Gasteiger partial charge in [0, 0.05) is 30.7 Å². The van der Waals surface area contributed by atoms with Crippen LogP contribution in [0.4, 0.5) is 10.1 Å². The van der Waals surface area contributed by atoms with Gasteiger partial charge in [0.2, 0.25) is 10.0 Å². The predicted molar refractivity (Wildman–Crippen MR) is 138 cm³/mol. The summed E-state index contributed by atoms with van der Waals surface area (Å²) in [6.07, 6.45) is 1.75. The average molecular weight is 525 g/mol. The Morgan fingerprint density at radius 3 is 2.32 bits per heavy atom. The zero-order valence-electron chi connectivity index (χ0n) is 20.2. The number of benzene rings is 3. The number of amides is 1. The van der Waals surface area contributed by atoms with Crippen molar-refractivity contribution >= 4 is 32.6 Å². The quantitative estimate of drug-likeness (QED) is 0.368. The summed E-state index contributed by atoms with van der Waals surface area (Å²) in [5.41, 5.74) is 1.79. The van der Waals surface area contributed by atoms with Crippen LogP contribution in [0.15, 0.2) is 71.1 Å². The predicted octanol–water partition coefficient (Wildman–Crippen LogP) is 4.95. The fraction of sp³-hybridized carbons (Fsp3) is 0.222. The highest BCUT2D eigenvalue weighted by Gasteiger charge is 2.31. The van der Waals surface area contributed by atoms with E-state index in [4.69, 9.17) is 13.9 Å². The van der Waals surface area contributed by atoms with E-state index >= 15 is 0 Å². The number of nitrogens with one attached hydrogen (secondary N) is 1. The SMILES string of the molecule is CNC(=O)c1c(-c2ccc(Oc3ccc(F)cc3)cc2)oc2cc(N(C3CCOC3)S(C)(=O)=O)ccc12. The summed E-state index contributed by atoms with van der Waals surface area (Å²) >= 11 is 0. The van der Waals surface area contributed by atoms with Crippen molar-refractivity contribution in [1.29, 1.82) is 0 Å². The Kier molecular flexibility index (Phi) is 6.61. The maximum atomic E-state index is 13.2. The van der Waals surface area contributed by atoms with Gasteiger partial charge in [-0.2, -0.15) is 0 Å². The lowest BCUT2D eigenvalue weighted by atomic mass is 10.0. The number of hydrogen-bond acceptors (Lipinski definition) is 6. The molecule has 1 aromatic heterocycles. The maximum absolute atomic E-state index is 13.2. The minimum Gasteiger partial charge on any atom is -0.457 e. The molecule has 1 aliphatic heterocycles. The smallest absolute Gasteiger partial charge is 0.255 e. The van der Waals surface area contributed by atoms with Gasteiger partial charge in [0.1, 0.15) is 28.7 Å². The lowest BCUT2D eigenvalue weighted by Crippen LogP contribution is -2.40. The molecule has 1 atom stereocenters. The van der Waals surface area contributed by atoms with E-state index in [1.807, 2.05) is 0 Å². The largest absolute Gasteiger partial charge is 0.457 e. The van der Waals surface area contributed by atoms with Crippen molar-refractivity contribution in [1.82, 2.24) is 5.32 Å². The van der Waals surface area contributed by atoms with Gasteiger partial charge in [-0.25, -0.2) is 12.8 Å². The Balaban J connectivity index is 1.53. The number of anilines is 1. The number of furan rings is 1. The first-order valence-electron chi connectivity index (χ1n) is 11.6. The molecule has 0 radical (unpaired) electrons. The molecule has 192 valence electrons. The summed E-state index contributed by atoms with van der Waals surface area (Å²) < 4.78 is 57.1. The third-order valence-electron chi connectivity index (χ3n) is 6.14. The molecule has 1 N–H and O–H groups in total. The standard InChI is InChI=1S/C27H25FN2O6S/c1-29-27(31)25-23-12-7-19(30(37(2,32)33)20-13-14-34-16-20)15-24(23)36-26(25)17-3-8-21(9-4-17)35-22-10-5-18(28)6-11-22/h3-12,15,20H,13-14,16H2,1-2H3,(H,29,31). The molecule has 1 unspecified atom stereocenters. The highest BCUT2D eigenvalue weighted by molar-refractivity contribution is 7.92. The molecule has 10 heteroatoms. The fourth-order valence-electron chi connectivity index (χ4n) is 4.47. The summed E-state index contributed by atoms with van der Waals surface area (Å²) in [5, 5.41) is 3.20. The normalized spacial score (nSPS) is 15.6. The molecule has 2 heterocycles. The van der Waals surface area contributed by atoms with Crippen molar-refractivity contribution in [3.63, 3.8) is 0 Å². The first-order chi connectivity index (χ1) is 17.7. The minimum absolute atomic E-state index is 0.310. The molecule has 0 aliphatic carbocycles. The molecule has 1 fully saturated rings. The number of sulfonamides is 1. The Bertz CT molecular complexity index is 1540. The highest BCUT2D eigenvalue weighted by atomic mass is 32.2. The number of carbonyl (C=O) groups is 1. The van der Waals surface area contributed by atoms with Crippen LogP contribution in [0, 0.1) is 5.82 Å². The molecule has 8 nitrogen and oxygen atoms in total. The Labute approximate surface area is 213 Å². The number of carbonyl (C=O) groups excluding carboxylic acids is 1. The molecule has 1 aliphatic rings. The lowest BCUT2D eigenvalue weighted by Gasteiger charge is -2.27. The van der Waals surface area contributed by atoms with E-state index in [0.717, 1.165) is 6.26 Å². The summed E-state index contributed by atoms with van der Waals surface area (Å²) in [5.74, 6) is 0.665. The summed E-state index contributed by atoms with van der Waals surface area (Å²) in [4.78, 5) is 12.9. The Hall–Kier alpha value is -3.89. The van der Waals surface area contributed by atoms with Gasteiger partial charge >= 0.3 is 0 Å². The molecule has 3 aromatic carbocycles. The van der Waals surface area contributed by atoms with Crippen LogP contribution in [-0.2, 0) is 14.8 Å². The third kappa shape index (κ3) is 5.03. The van der Waals surface area contributed by atoms with Crippen LogP contribution in [0.1, 0.15) is 16.8 Å². The van der Waals surface area contributed by atoms with Gasteiger partial charge in [-0.15, -0.1) is 0 Å². The second-order valence-electron chi connectivity index (χ2n) is 8.72. The van der Waals surface area contributed by atoms with E-state index in [-0.39, 0.29) is 17.8 Å². The first-order valence-corrected chi connectivity index (χ1v) is 13.5. The lowest BCUT2D eigenvalue weighted by molar-refractivity contribution is 0.0964. The molecule has 0 saturated carbocycles. The van der Waals surface area contributed by atoms with E-state index in [2.05, 4.69) is 5.32 Å². The van der Waals surface area contributed by atoms with Gasteiger partial charge in [0.25, 0.3) is 5.91 Å². The number of halogens is 1. The van der Waals surface area contributed by atoms with Crippen molar-refractivity contribution in [2.24, 2.45) is 0 Å². The van der Waals surface area contributed by atoms with Crippen molar-refractivity contribution in [3.8, 4) is 22.8 Å². The van der Waals surface area contributed by atoms with Crippen molar-refractivity contribution in [2.75, 3.05) is 30.8 Å². The second-order valence-corrected chi connectivity index (χ2v) is 10.6. The maximum Gasteiger partial charge on any atom is 0.255 e. The van der Waals surface area contributed by atoms with Crippen LogP contribution in [-0.4, -0.2) is 46.9 Å². The molecule has 5 rings (SSSR count). The second kappa shape index (κ2) is 9.87. The molecule has 1 saturated heterocycles. The number of fused-ring (bicyclic) bond motifs is 1. The van der Waals surface area contributed by atoms with Crippen LogP contribution >= 0.6 is 0 Å². The third-order valence-corrected chi connectivity index (χ3v) is 7.37. The number of nitrogens with zero attached hydrogens (tertiary/aromatic N) is 1.